The Bertz CT molecular complexity index is 577. The molecule has 0 saturated heterocycles. The SMILES string of the molecule is CCOC(=O)CC(=O)Nc1cccc2[nH]cnc12. The highest BCUT2D eigenvalue weighted by atomic mass is 16.5. The van der Waals surface area contributed by atoms with E-state index >= 15 is 0 Å². The molecule has 1 heterocycles. The zero-order chi connectivity index (χ0) is 13.0. The molecule has 0 aliphatic heterocycles. The number of carbonyl (C=O) groups is 2. The van der Waals surface area contributed by atoms with E-state index in [1.54, 1.807) is 25.4 Å². The van der Waals surface area contributed by atoms with Crippen molar-refractivity contribution in [1.82, 2.24) is 9.97 Å². The maximum Gasteiger partial charge on any atom is 0.315 e. The van der Waals surface area contributed by atoms with Gasteiger partial charge in [-0.3, -0.25) is 9.59 Å². The number of amides is 1. The fraction of sp³-hybridized carbons (Fsp3) is 0.250. The number of anilines is 1. The molecule has 0 aliphatic rings. The lowest BCUT2D eigenvalue weighted by molar-refractivity contribution is -0.145. The third-order valence-electron chi connectivity index (χ3n) is 2.33. The van der Waals surface area contributed by atoms with E-state index in [2.05, 4.69) is 15.3 Å². The lowest BCUT2D eigenvalue weighted by Gasteiger charge is -2.05. The molecule has 0 radical (unpaired) electrons. The van der Waals surface area contributed by atoms with Crippen molar-refractivity contribution in [3.63, 3.8) is 0 Å². The smallest absolute Gasteiger partial charge is 0.315 e. The number of ether oxygens (including phenoxy) is 1. The Morgan fingerprint density at radius 3 is 3.06 bits per heavy atom. The summed E-state index contributed by atoms with van der Waals surface area (Å²) in [5, 5.41) is 2.64. The summed E-state index contributed by atoms with van der Waals surface area (Å²) in [6.45, 7) is 1.96. The number of esters is 1. The summed E-state index contributed by atoms with van der Waals surface area (Å²) in [4.78, 5) is 29.8. The largest absolute Gasteiger partial charge is 0.466 e. The molecule has 0 atom stereocenters. The van der Waals surface area contributed by atoms with Crippen molar-refractivity contribution in [3.8, 4) is 0 Å². The normalized spacial score (nSPS) is 10.3. The number of nitrogens with zero attached hydrogens (tertiary/aromatic N) is 1. The molecule has 0 fully saturated rings. The molecule has 0 bridgehead atoms. The van der Waals surface area contributed by atoms with E-state index in [0.717, 1.165) is 5.52 Å². The van der Waals surface area contributed by atoms with Crippen molar-refractivity contribution < 1.29 is 14.3 Å². The average molecular weight is 247 g/mol. The summed E-state index contributed by atoms with van der Waals surface area (Å²) < 4.78 is 4.70. The van der Waals surface area contributed by atoms with Gasteiger partial charge in [0.05, 0.1) is 24.1 Å². The van der Waals surface area contributed by atoms with Crippen LogP contribution in [0.1, 0.15) is 13.3 Å². The molecule has 94 valence electrons. The predicted molar refractivity (Wildman–Crippen MR) is 66.0 cm³/mol. The first-order valence-electron chi connectivity index (χ1n) is 5.58. The molecular formula is C12H13N3O3. The van der Waals surface area contributed by atoms with Crippen LogP contribution in [0.25, 0.3) is 11.0 Å². The maximum atomic E-state index is 11.6. The lowest BCUT2D eigenvalue weighted by atomic mass is 10.2. The van der Waals surface area contributed by atoms with E-state index < -0.39 is 11.9 Å². The molecule has 2 aromatic rings. The monoisotopic (exact) mass is 247 g/mol. The summed E-state index contributed by atoms with van der Waals surface area (Å²) >= 11 is 0. The van der Waals surface area contributed by atoms with E-state index in [1.807, 2.05) is 6.07 Å². The number of hydrogen-bond donors (Lipinski definition) is 2. The number of fused-ring (bicyclic) bond motifs is 1. The minimum Gasteiger partial charge on any atom is -0.466 e. The van der Waals surface area contributed by atoms with Gasteiger partial charge in [0.25, 0.3) is 0 Å². The third-order valence-corrected chi connectivity index (χ3v) is 2.33. The number of H-pyrrole nitrogens is 1. The Morgan fingerprint density at radius 2 is 2.28 bits per heavy atom. The molecule has 0 spiro atoms. The van der Waals surface area contributed by atoms with Gasteiger partial charge in [-0.2, -0.15) is 0 Å². The minimum absolute atomic E-state index is 0.265. The number of aromatic amines is 1. The van der Waals surface area contributed by atoms with Crippen LogP contribution in [0.2, 0.25) is 0 Å². The second-order valence-electron chi connectivity index (χ2n) is 3.63. The zero-order valence-electron chi connectivity index (χ0n) is 9.90. The highest BCUT2D eigenvalue weighted by Crippen LogP contribution is 2.19. The Morgan fingerprint density at radius 1 is 1.44 bits per heavy atom. The predicted octanol–water partition coefficient (Wildman–Crippen LogP) is 1.45. The third kappa shape index (κ3) is 2.65. The summed E-state index contributed by atoms with van der Waals surface area (Å²) in [5.74, 6) is -0.951. The summed E-state index contributed by atoms with van der Waals surface area (Å²) in [7, 11) is 0. The maximum absolute atomic E-state index is 11.6. The summed E-state index contributed by atoms with van der Waals surface area (Å²) in [6, 6.07) is 5.37. The first-order chi connectivity index (χ1) is 8.70. The molecule has 1 aromatic heterocycles. The Kier molecular flexibility index (Phi) is 3.57. The van der Waals surface area contributed by atoms with Crippen LogP contribution in [0, 0.1) is 0 Å². The fourth-order valence-electron chi connectivity index (χ4n) is 1.60. The topological polar surface area (TPSA) is 84.1 Å². The van der Waals surface area contributed by atoms with E-state index in [-0.39, 0.29) is 13.0 Å². The molecule has 2 N–H and O–H groups in total. The van der Waals surface area contributed by atoms with Crippen molar-refractivity contribution in [3.05, 3.63) is 24.5 Å². The quantitative estimate of drug-likeness (QED) is 0.632. The Hall–Kier alpha value is -2.37. The summed E-state index contributed by atoms with van der Waals surface area (Å²) in [6.07, 6.45) is 1.25. The van der Waals surface area contributed by atoms with Gasteiger partial charge >= 0.3 is 5.97 Å². The van der Waals surface area contributed by atoms with Crippen LogP contribution in [0.4, 0.5) is 5.69 Å². The van der Waals surface area contributed by atoms with E-state index in [4.69, 9.17) is 4.74 Å². The van der Waals surface area contributed by atoms with Gasteiger partial charge in [0.15, 0.2) is 0 Å². The van der Waals surface area contributed by atoms with Crippen LogP contribution < -0.4 is 5.32 Å². The molecule has 0 saturated carbocycles. The average Bonchev–Trinajstić information content (AvgIpc) is 2.78. The van der Waals surface area contributed by atoms with Crippen molar-refractivity contribution in [2.75, 3.05) is 11.9 Å². The number of para-hydroxylation sites is 1. The van der Waals surface area contributed by atoms with Crippen molar-refractivity contribution in [2.45, 2.75) is 13.3 Å². The number of benzene rings is 1. The molecular weight excluding hydrogens is 234 g/mol. The molecule has 1 amide bonds. The number of aromatic nitrogens is 2. The van der Waals surface area contributed by atoms with Gasteiger partial charge in [-0.15, -0.1) is 0 Å². The summed E-state index contributed by atoms with van der Waals surface area (Å²) in [5.41, 5.74) is 2.06. The van der Waals surface area contributed by atoms with Crippen LogP contribution in [0.15, 0.2) is 24.5 Å². The first-order valence-corrected chi connectivity index (χ1v) is 5.58. The second-order valence-corrected chi connectivity index (χ2v) is 3.63. The molecule has 18 heavy (non-hydrogen) atoms. The first kappa shape index (κ1) is 12.1. The molecule has 6 nitrogen and oxygen atoms in total. The lowest BCUT2D eigenvalue weighted by Crippen LogP contribution is -2.18. The van der Waals surface area contributed by atoms with Crippen LogP contribution in [-0.2, 0) is 14.3 Å². The van der Waals surface area contributed by atoms with Crippen LogP contribution in [0.5, 0.6) is 0 Å². The number of nitrogens with one attached hydrogen (secondary N) is 2. The molecule has 2 rings (SSSR count). The van der Waals surface area contributed by atoms with Crippen LogP contribution in [-0.4, -0.2) is 28.5 Å². The van der Waals surface area contributed by atoms with Gasteiger partial charge in [0.2, 0.25) is 5.91 Å². The highest BCUT2D eigenvalue weighted by molar-refractivity contribution is 6.05. The number of hydrogen-bond acceptors (Lipinski definition) is 4. The molecule has 0 unspecified atom stereocenters. The highest BCUT2D eigenvalue weighted by Gasteiger charge is 2.12. The van der Waals surface area contributed by atoms with Crippen LogP contribution >= 0.6 is 0 Å². The molecule has 0 aliphatic carbocycles. The van der Waals surface area contributed by atoms with E-state index in [9.17, 15) is 9.59 Å². The van der Waals surface area contributed by atoms with Crippen molar-refractivity contribution >= 4 is 28.6 Å². The Balaban J connectivity index is 2.07. The number of rotatable bonds is 4. The minimum atomic E-state index is -0.538. The van der Waals surface area contributed by atoms with Gasteiger partial charge in [-0.25, -0.2) is 4.98 Å². The van der Waals surface area contributed by atoms with Crippen molar-refractivity contribution in [1.29, 1.82) is 0 Å². The fourth-order valence-corrected chi connectivity index (χ4v) is 1.60. The molecule has 6 heteroatoms. The Labute approximate surface area is 103 Å². The standard InChI is InChI=1S/C12H13N3O3/c1-2-18-11(17)6-10(16)15-9-5-3-4-8-12(9)14-7-13-8/h3-5,7H,2,6H2,1H3,(H,13,14)(H,15,16). The zero-order valence-corrected chi connectivity index (χ0v) is 9.90. The van der Waals surface area contributed by atoms with Gasteiger partial charge in [-0.05, 0) is 19.1 Å². The second kappa shape index (κ2) is 5.31. The molecule has 1 aromatic carbocycles. The van der Waals surface area contributed by atoms with Crippen LogP contribution in [0.3, 0.4) is 0 Å². The number of carbonyl (C=O) groups excluding carboxylic acids is 2. The van der Waals surface area contributed by atoms with Gasteiger partial charge in [0.1, 0.15) is 11.9 Å². The number of imidazole rings is 1. The van der Waals surface area contributed by atoms with Crippen molar-refractivity contribution in [2.24, 2.45) is 0 Å². The van der Waals surface area contributed by atoms with E-state index in [0.29, 0.717) is 11.2 Å². The van der Waals surface area contributed by atoms with E-state index in [1.165, 1.54) is 0 Å². The van der Waals surface area contributed by atoms with Gasteiger partial charge in [0, 0.05) is 0 Å². The van der Waals surface area contributed by atoms with Gasteiger partial charge < -0.3 is 15.0 Å². The van der Waals surface area contributed by atoms with Gasteiger partial charge in [-0.1, -0.05) is 6.07 Å².